The molecule has 2 heterocycles. The molecule has 1 aromatic carbocycles. The van der Waals surface area contributed by atoms with Crippen molar-refractivity contribution in [2.24, 2.45) is 5.92 Å². The summed E-state index contributed by atoms with van der Waals surface area (Å²) in [5, 5.41) is 2.72. The summed E-state index contributed by atoms with van der Waals surface area (Å²) in [4.78, 5) is 28.7. The molecule has 1 saturated heterocycles. The van der Waals surface area contributed by atoms with Crippen molar-refractivity contribution in [3.63, 3.8) is 0 Å². The van der Waals surface area contributed by atoms with Crippen LogP contribution in [-0.2, 0) is 22.7 Å². The predicted molar refractivity (Wildman–Crippen MR) is 103 cm³/mol. The number of furan rings is 1. The molecule has 6 nitrogen and oxygen atoms in total. The number of hydrogen-bond donors (Lipinski definition) is 1. The third kappa shape index (κ3) is 5.44. The van der Waals surface area contributed by atoms with E-state index in [1.165, 1.54) is 0 Å². The molecule has 3 rings (SSSR count). The first-order valence-electron chi connectivity index (χ1n) is 9.43. The molecule has 0 bridgehead atoms. The van der Waals surface area contributed by atoms with Gasteiger partial charge in [-0.1, -0.05) is 30.3 Å². The number of nitrogens with one attached hydrogen (secondary N) is 1. The Bertz CT molecular complexity index is 722. The molecular weight excluding hydrogens is 342 g/mol. The Labute approximate surface area is 160 Å². The molecule has 1 aliphatic heterocycles. The minimum absolute atomic E-state index is 0.0601. The Morgan fingerprint density at radius 3 is 2.48 bits per heavy atom. The summed E-state index contributed by atoms with van der Waals surface area (Å²) in [6.45, 7) is 2.91. The molecule has 0 atom stereocenters. The van der Waals surface area contributed by atoms with Gasteiger partial charge in [0.1, 0.15) is 5.76 Å². The van der Waals surface area contributed by atoms with E-state index in [0.29, 0.717) is 19.6 Å². The molecule has 27 heavy (non-hydrogen) atoms. The Kier molecular flexibility index (Phi) is 6.65. The SMILES string of the molecule is CNC(=O)C1CCN(CC(=O)N(Cc2ccccc2)Cc2ccco2)CC1. The van der Waals surface area contributed by atoms with Crippen molar-refractivity contribution < 1.29 is 14.0 Å². The lowest BCUT2D eigenvalue weighted by Crippen LogP contribution is -2.45. The molecular formula is C21H27N3O3. The molecule has 0 spiro atoms. The van der Waals surface area contributed by atoms with Crippen molar-refractivity contribution in [2.45, 2.75) is 25.9 Å². The van der Waals surface area contributed by atoms with Crippen LogP contribution >= 0.6 is 0 Å². The van der Waals surface area contributed by atoms with Crippen LogP contribution in [0, 0.1) is 5.92 Å². The molecule has 0 saturated carbocycles. The first-order valence-corrected chi connectivity index (χ1v) is 9.43. The summed E-state index contributed by atoms with van der Waals surface area (Å²) in [6, 6.07) is 13.7. The molecule has 1 aromatic heterocycles. The van der Waals surface area contributed by atoms with Gasteiger partial charge in [-0.25, -0.2) is 0 Å². The van der Waals surface area contributed by atoms with E-state index in [4.69, 9.17) is 4.42 Å². The van der Waals surface area contributed by atoms with Gasteiger partial charge in [-0.15, -0.1) is 0 Å². The van der Waals surface area contributed by atoms with Gasteiger partial charge in [0.05, 0.1) is 19.4 Å². The van der Waals surface area contributed by atoms with Crippen molar-refractivity contribution >= 4 is 11.8 Å². The Balaban J connectivity index is 1.60. The number of piperidine rings is 1. The van der Waals surface area contributed by atoms with Gasteiger partial charge in [0, 0.05) is 19.5 Å². The van der Waals surface area contributed by atoms with Crippen LogP contribution in [0.2, 0.25) is 0 Å². The maximum atomic E-state index is 13.0. The van der Waals surface area contributed by atoms with Crippen LogP contribution in [-0.4, -0.2) is 48.3 Å². The maximum Gasteiger partial charge on any atom is 0.237 e. The van der Waals surface area contributed by atoms with Crippen molar-refractivity contribution in [1.29, 1.82) is 0 Å². The lowest BCUT2D eigenvalue weighted by Gasteiger charge is -2.32. The summed E-state index contributed by atoms with van der Waals surface area (Å²) < 4.78 is 5.44. The second-order valence-corrected chi connectivity index (χ2v) is 6.98. The fraction of sp³-hybridized carbons (Fsp3) is 0.429. The van der Waals surface area contributed by atoms with E-state index < -0.39 is 0 Å². The fourth-order valence-electron chi connectivity index (χ4n) is 3.48. The zero-order valence-electron chi connectivity index (χ0n) is 15.8. The number of nitrogens with zero attached hydrogens (tertiary/aromatic N) is 2. The highest BCUT2D eigenvalue weighted by atomic mass is 16.3. The largest absolute Gasteiger partial charge is 0.467 e. The minimum atomic E-state index is 0.0601. The zero-order chi connectivity index (χ0) is 19.1. The molecule has 0 aliphatic carbocycles. The third-order valence-electron chi connectivity index (χ3n) is 5.06. The van der Waals surface area contributed by atoms with Crippen LogP contribution in [0.15, 0.2) is 53.1 Å². The van der Waals surface area contributed by atoms with Gasteiger partial charge in [0.15, 0.2) is 0 Å². The highest BCUT2D eigenvalue weighted by Gasteiger charge is 2.26. The molecule has 6 heteroatoms. The van der Waals surface area contributed by atoms with E-state index in [0.717, 1.165) is 37.3 Å². The molecule has 1 aliphatic rings. The summed E-state index contributed by atoms with van der Waals surface area (Å²) in [5.41, 5.74) is 1.09. The third-order valence-corrected chi connectivity index (χ3v) is 5.06. The highest BCUT2D eigenvalue weighted by molar-refractivity contribution is 5.79. The van der Waals surface area contributed by atoms with Gasteiger partial charge in [0.2, 0.25) is 11.8 Å². The Morgan fingerprint density at radius 2 is 1.85 bits per heavy atom. The Hall–Kier alpha value is -2.60. The number of hydrogen-bond acceptors (Lipinski definition) is 4. The molecule has 1 N–H and O–H groups in total. The first kappa shape index (κ1) is 19.2. The number of carbonyl (C=O) groups is 2. The smallest absolute Gasteiger partial charge is 0.237 e. The van der Waals surface area contributed by atoms with Crippen LogP contribution in [0.4, 0.5) is 0 Å². The highest BCUT2D eigenvalue weighted by Crippen LogP contribution is 2.18. The number of rotatable bonds is 7. The van der Waals surface area contributed by atoms with E-state index in [9.17, 15) is 9.59 Å². The van der Waals surface area contributed by atoms with Gasteiger partial charge in [0.25, 0.3) is 0 Å². The number of likely N-dealkylation sites (tertiary alicyclic amines) is 1. The van der Waals surface area contributed by atoms with Crippen LogP contribution in [0.25, 0.3) is 0 Å². The second-order valence-electron chi connectivity index (χ2n) is 6.98. The average Bonchev–Trinajstić information content (AvgIpc) is 3.21. The zero-order valence-corrected chi connectivity index (χ0v) is 15.8. The van der Waals surface area contributed by atoms with Crippen LogP contribution in [0.1, 0.15) is 24.2 Å². The van der Waals surface area contributed by atoms with Crippen LogP contribution in [0.3, 0.4) is 0 Å². The van der Waals surface area contributed by atoms with Crippen molar-refractivity contribution in [2.75, 3.05) is 26.7 Å². The summed E-state index contributed by atoms with van der Waals surface area (Å²) in [5.74, 6) is 1.01. The van der Waals surface area contributed by atoms with Crippen molar-refractivity contribution in [1.82, 2.24) is 15.1 Å². The van der Waals surface area contributed by atoms with E-state index in [2.05, 4.69) is 10.2 Å². The van der Waals surface area contributed by atoms with Crippen LogP contribution < -0.4 is 5.32 Å². The van der Waals surface area contributed by atoms with Gasteiger partial charge in [-0.05, 0) is 43.6 Å². The van der Waals surface area contributed by atoms with E-state index in [1.54, 1.807) is 13.3 Å². The number of benzene rings is 1. The lowest BCUT2D eigenvalue weighted by atomic mass is 9.96. The monoisotopic (exact) mass is 369 g/mol. The summed E-state index contributed by atoms with van der Waals surface area (Å²) in [7, 11) is 1.67. The molecule has 1 fully saturated rings. The molecule has 0 radical (unpaired) electrons. The van der Waals surface area contributed by atoms with E-state index in [-0.39, 0.29) is 17.7 Å². The molecule has 0 unspecified atom stereocenters. The van der Waals surface area contributed by atoms with Gasteiger partial charge < -0.3 is 14.6 Å². The standard InChI is InChI=1S/C21H27N3O3/c1-22-21(26)18-9-11-23(12-10-18)16-20(25)24(15-19-8-5-13-27-19)14-17-6-3-2-4-7-17/h2-8,13,18H,9-12,14-16H2,1H3,(H,22,26). The lowest BCUT2D eigenvalue weighted by molar-refractivity contribution is -0.134. The first-order chi connectivity index (χ1) is 13.2. The Morgan fingerprint density at radius 1 is 1.11 bits per heavy atom. The summed E-state index contributed by atoms with van der Waals surface area (Å²) in [6.07, 6.45) is 3.22. The normalized spacial score (nSPS) is 15.4. The molecule has 2 amide bonds. The predicted octanol–water partition coefficient (Wildman–Crippen LogP) is 2.27. The van der Waals surface area contributed by atoms with Crippen molar-refractivity contribution in [3.05, 3.63) is 60.1 Å². The van der Waals surface area contributed by atoms with Gasteiger partial charge >= 0.3 is 0 Å². The van der Waals surface area contributed by atoms with Gasteiger partial charge in [-0.2, -0.15) is 0 Å². The number of amides is 2. The average molecular weight is 369 g/mol. The van der Waals surface area contributed by atoms with E-state index in [1.807, 2.05) is 47.4 Å². The van der Waals surface area contributed by atoms with Crippen molar-refractivity contribution in [3.8, 4) is 0 Å². The van der Waals surface area contributed by atoms with Gasteiger partial charge in [-0.3, -0.25) is 14.5 Å². The number of carbonyl (C=O) groups excluding carboxylic acids is 2. The fourth-order valence-corrected chi connectivity index (χ4v) is 3.48. The summed E-state index contributed by atoms with van der Waals surface area (Å²) >= 11 is 0. The van der Waals surface area contributed by atoms with E-state index >= 15 is 0 Å². The quantitative estimate of drug-likeness (QED) is 0.813. The van der Waals surface area contributed by atoms with Crippen LogP contribution in [0.5, 0.6) is 0 Å². The topological polar surface area (TPSA) is 65.8 Å². The molecule has 144 valence electrons. The molecule has 2 aromatic rings. The minimum Gasteiger partial charge on any atom is -0.467 e. The second kappa shape index (κ2) is 9.37. The maximum absolute atomic E-state index is 13.0.